The molecule has 13 heteroatoms. The number of methoxy groups -OCH3 is 1. The summed E-state index contributed by atoms with van der Waals surface area (Å²) >= 11 is 0. The number of piperidine rings is 1. The molecule has 3 amide bonds. The predicted molar refractivity (Wildman–Crippen MR) is 185 cm³/mol. The fourth-order valence-corrected chi connectivity index (χ4v) is 8.45. The number of likely N-dealkylation sites (tertiary alicyclic amines) is 1. The Morgan fingerprint density at radius 1 is 0.918 bits per heavy atom. The first-order chi connectivity index (χ1) is 23.2. The first-order valence-corrected chi connectivity index (χ1v) is 18.5. The lowest BCUT2D eigenvalue weighted by Gasteiger charge is -2.46. The van der Waals surface area contributed by atoms with E-state index in [0.717, 1.165) is 29.1 Å². The number of carbonyl (C=O) groups excluding carboxylic acids is 3. The summed E-state index contributed by atoms with van der Waals surface area (Å²) in [6.45, 7) is 5.83. The Labute approximate surface area is 290 Å². The van der Waals surface area contributed by atoms with Gasteiger partial charge in [-0.3, -0.25) is 9.59 Å². The third kappa shape index (κ3) is 9.31. The predicted octanol–water partition coefficient (Wildman–Crippen LogP) is 4.91. The summed E-state index contributed by atoms with van der Waals surface area (Å²) < 4.78 is 47.5. The van der Waals surface area contributed by atoms with Gasteiger partial charge in [-0.05, 0) is 76.3 Å². The van der Waals surface area contributed by atoms with Crippen LogP contribution >= 0.6 is 0 Å². The van der Waals surface area contributed by atoms with Crippen molar-refractivity contribution in [3.8, 4) is 5.75 Å². The molecule has 49 heavy (non-hydrogen) atoms. The lowest BCUT2D eigenvalue weighted by Crippen LogP contribution is -2.65. The van der Waals surface area contributed by atoms with Crippen LogP contribution in [0.25, 0.3) is 0 Å². The fraction of sp³-hybridized carbons (Fsp3) is 0.583. The van der Waals surface area contributed by atoms with E-state index in [-0.39, 0.29) is 36.4 Å². The van der Waals surface area contributed by atoms with Crippen LogP contribution in [0.5, 0.6) is 5.75 Å². The molecular formula is C36H52N4O8S. The molecule has 1 saturated carbocycles. The molecule has 0 bridgehead atoms. The van der Waals surface area contributed by atoms with Gasteiger partial charge in [0.1, 0.15) is 11.4 Å². The van der Waals surface area contributed by atoms with Crippen LogP contribution in [0.3, 0.4) is 0 Å². The zero-order chi connectivity index (χ0) is 35.8. The molecule has 2 fully saturated rings. The van der Waals surface area contributed by atoms with Gasteiger partial charge in [-0.25, -0.2) is 13.2 Å². The highest BCUT2D eigenvalue weighted by Gasteiger charge is 2.55. The minimum Gasteiger partial charge on any atom is -0.497 e. The summed E-state index contributed by atoms with van der Waals surface area (Å²) in [6.07, 6.45) is 4.08. The number of primary amides is 1. The number of benzene rings is 2. The first-order valence-electron chi connectivity index (χ1n) is 17.1. The fourth-order valence-electron chi connectivity index (χ4n) is 6.73. The number of hydrogen-bond donors (Lipinski definition) is 1. The maximum atomic E-state index is 14.6. The molecular weight excluding hydrogens is 648 g/mol. The summed E-state index contributed by atoms with van der Waals surface area (Å²) in [7, 11) is -1.25. The van der Waals surface area contributed by atoms with Crippen LogP contribution in [-0.2, 0) is 35.7 Å². The van der Waals surface area contributed by atoms with Crippen molar-refractivity contribution < 1.29 is 37.0 Å². The smallest absolute Gasteiger partial charge is 0.410 e. The maximum Gasteiger partial charge on any atom is 0.410 e. The van der Waals surface area contributed by atoms with E-state index in [1.165, 1.54) is 31.4 Å². The Hall–Kier alpha value is -3.68. The van der Waals surface area contributed by atoms with E-state index in [1.807, 2.05) is 51.1 Å². The Bertz CT molecular complexity index is 1520. The van der Waals surface area contributed by atoms with Gasteiger partial charge < -0.3 is 29.7 Å². The molecule has 2 aliphatic rings. The first kappa shape index (κ1) is 38.1. The van der Waals surface area contributed by atoms with Gasteiger partial charge >= 0.3 is 6.09 Å². The number of carbonyl (C=O) groups is 3. The molecule has 0 radical (unpaired) electrons. The minimum absolute atomic E-state index is 0.0540. The molecule has 1 atom stereocenters. The largest absolute Gasteiger partial charge is 0.497 e. The van der Waals surface area contributed by atoms with Crippen molar-refractivity contribution in [1.82, 2.24) is 14.1 Å². The molecule has 1 aliphatic heterocycles. The standard InChI is InChI=1S/C36H52N4O8S/c1-35(2,3)48-34(43)38(4)29-20-23-39(24-21-29)32(41)22-25-40(49(44,45)31-18-16-30(46-5)17-19-31)36(33(37)42,28-14-10-7-11-15-28)47-26-27-12-8-6-9-13-27/h6,8-9,12-13,16-19,28-29H,7,10-11,14-15,20-26H2,1-5H3,(H2,37,42). The van der Waals surface area contributed by atoms with Crippen LogP contribution in [0.4, 0.5) is 4.79 Å². The quantitative estimate of drug-likeness (QED) is 0.290. The number of nitrogens with two attached hydrogens (primary N) is 1. The van der Waals surface area contributed by atoms with Gasteiger partial charge in [-0.15, -0.1) is 0 Å². The van der Waals surface area contributed by atoms with Crippen LogP contribution in [0.15, 0.2) is 59.5 Å². The number of ether oxygens (including phenoxy) is 3. The van der Waals surface area contributed by atoms with Gasteiger partial charge in [0, 0.05) is 45.1 Å². The van der Waals surface area contributed by atoms with Crippen molar-refractivity contribution in [2.24, 2.45) is 11.7 Å². The highest BCUT2D eigenvalue weighted by molar-refractivity contribution is 7.89. The third-order valence-corrected chi connectivity index (χ3v) is 11.3. The van der Waals surface area contributed by atoms with E-state index < -0.39 is 39.3 Å². The average molecular weight is 701 g/mol. The van der Waals surface area contributed by atoms with Crippen molar-refractivity contribution in [2.75, 3.05) is 33.8 Å². The van der Waals surface area contributed by atoms with E-state index in [0.29, 0.717) is 44.5 Å². The highest BCUT2D eigenvalue weighted by Crippen LogP contribution is 2.41. The lowest BCUT2D eigenvalue weighted by molar-refractivity contribution is -0.187. The van der Waals surface area contributed by atoms with Gasteiger partial charge in [0.2, 0.25) is 21.7 Å². The summed E-state index contributed by atoms with van der Waals surface area (Å²) in [5, 5.41) is 0. The van der Waals surface area contributed by atoms with Crippen molar-refractivity contribution in [3.05, 3.63) is 60.2 Å². The van der Waals surface area contributed by atoms with Gasteiger partial charge in [-0.1, -0.05) is 49.6 Å². The van der Waals surface area contributed by atoms with E-state index in [1.54, 1.807) is 16.8 Å². The normalized spacial score (nSPS) is 17.7. The molecule has 1 aliphatic carbocycles. The Kier molecular flexibility index (Phi) is 12.7. The van der Waals surface area contributed by atoms with Gasteiger partial charge in [0.25, 0.3) is 5.91 Å². The van der Waals surface area contributed by atoms with E-state index in [4.69, 9.17) is 19.9 Å². The second-order valence-electron chi connectivity index (χ2n) is 13.9. The van der Waals surface area contributed by atoms with E-state index in [9.17, 15) is 22.8 Å². The molecule has 4 rings (SSSR count). The minimum atomic E-state index is -4.43. The maximum absolute atomic E-state index is 14.6. The van der Waals surface area contributed by atoms with Gasteiger partial charge in [-0.2, -0.15) is 4.31 Å². The molecule has 2 aromatic carbocycles. The molecule has 1 unspecified atom stereocenters. The van der Waals surface area contributed by atoms with Gasteiger partial charge in [0.15, 0.2) is 0 Å². The zero-order valence-corrected chi connectivity index (χ0v) is 30.2. The molecule has 2 N–H and O–H groups in total. The highest BCUT2D eigenvalue weighted by atomic mass is 32.2. The lowest BCUT2D eigenvalue weighted by atomic mass is 9.80. The molecule has 1 saturated heterocycles. The van der Waals surface area contributed by atoms with Gasteiger partial charge in [0.05, 0.1) is 18.6 Å². The van der Waals surface area contributed by atoms with Crippen LogP contribution in [-0.4, -0.2) is 91.6 Å². The van der Waals surface area contributed by atoms with Crippen LogP contribution < -0.4 is 10.5 Å². The van der Waals surface area contributed by atoms with Crippen molar-refractivity contribution >= 4 is 27.9 Å². The number of amides is 3. The number of sulfonamides is 1. The number of hydrogen-bond acceptors (Lipinski definition) is 8. The Morgan fingerprint density at radius 2 is 1.53 bits per heavy atom. The van der Waals surface area contributed by atoms with E-state index in [2.05, 4.69) is 0 Å². The molecule has 12 nitrogen and oxygen atoms in total. The second kappa shape index (κ2) is 16.4. The summed E-state index contributed by atoms with van der Waals surface area (Å²) in [4.78, 5) is 43.3. The molecule has 1 heterocycles. The summed E-state index contributed by atoms with van der Waals surface area (Å²) in [6, 6.07) is 15.0. The van der Waals surface area contributed by atoms with E-state index >= 15 is 0 Å². The SMILES string of the molecule is COc1ccc(S(=O)(=O)N(CCC(=O)N2CCC(N(C)C(=O)OC(C)(C)C)CC2)C(OCc2ccccc2)(C(N)=O)C2CCCCC2)cc1. The summed E-state index contributed by atoms with van der Waals surface area (Å²) in [5.41, 5.74) is 4.30. The van der Waals surface area contributed by atoms with Crippen molar-refractivity contribution in [1.29, 1.82) is 0 Å². The third-order valence-electron chi connectivity index (χ3n) is 9.41. The Balaban J connectivity index is 1.63. The molecule has 0 spiro atoms. The molecule has 270 valence electrons. The van der Waals surface area contributed by atoms with Crippen molar-refractivity contribution in [2.45, 2.75) is 101 Å². The topological polar surface area (TPSA) is 149 Å². The molecule has 0 aromatic heterocycles. The van der Waals surface area contributed by atoms with Crippen molar-refractivity contribution in [3.63, 3.8) is 0 Å². The summed E-state index contributed by atoms with van der Waals surface area (Å²) in [5.74, 6) is -1.23. The average Bonchev–Trinajstić information content (AvgIpc) is 3.09. The number of nitrogens with zero attached hydrogens (tertiary/aromatic N) is 3. The Morgan fingerprint density at radius 3 is 2.08 bits per heavy atom. The monoisotopic (exact) mass is 700 g/mol. The molecule has 2 aromatic rings. The zero-order valence-electron chi connectivity index (χ0n) is 29.4. The van der Waals surface area contributed by atoms with Crippen LogP contribution in [0.2, 0.25) is 0 Å². The van der Waals surface area contributed by atoms with Crippen LogP contribution in [0, 0.1) is 5.92 Å². The number of rotatable bonds is 13. The second-order valence-corrected chi connectivity index (χ2v) is 15.7. The van der Waals surface area contributed by atoms with Crippen LogP contribution in [0.1, 0.15) is 77.7 Å².